The third-order valence-electron chi connectivity index (χ3n) is 2.36. The van der Waals surface area contributed by atoms with E-state index in [9.17, 15) is 0 Å². The van der Waals surface area contributed by atoms with Crippen molar-refractivity contribution < 1.29 is 0 Å². The van der Waals surface area contributed by atoms with Gasteiger partial charge in [-0.15, -0.1) is 0 Å². The highest BCUT2D eigenvalue weighted by atomic mass is 127. The van der Waals surface area contributed by atoms with Crippen LogP contribution in [0.2, 0.25) is 0 Å². The van der Waals surface area contributed by atoms with Crippen molar-refractivity contribution in [2.45, 2.75) is 35.6 Å². The molecule has 1 aliphatic rings. The molecule has 0 N–H and O–H groups in total. The monoisotopic (exact) mass is 253 g/mol. The number of hydrogen-bond donors (Lipinski definition) is 0. The molecule has 0 aromatic carbocycles. The summed E-state index contributed by atoms with van der Waals surface area (Å²) in [5.41, 5.74) is 0. The van der Waals surface area contributed by atoms with Crippen LogP contribution in [0.15, 0.2) is 0 Å². The van der Waals surface area contributed by atoms with E-state index in [2.05, 4.69) is 41.6 Å². The van der Waals surface area contributed by atoms with Gasteiger partial charge in [0, 0.05) is 9.97 Å². The second-order valence-electron chi connectivity index (χ2n) is 3.37. The van der Waals surface area contributed by atoms with Crippen molar-refractivity contribution in [2.24, 2.45) is 0 Å². The van der Waals surface area contributed by atoms with Gasteiger partial charge in [0.2, 0.25) is 0 Å². The molecular formula is C8H16IN. The van der Waals surface area contributed by atoms with Gasteiger partial charge in [0.1, 0.15) is 0 Å². The summed E-state index contributed by atoms with van der Waals surface area (Å²) in [7, 11) is 4.39. The van der Waals surface area contributed by atoms with E-state index < -0.39 is 0 Å². The SMILES string of the molecule is CN(C)C1CCC(I)CC1. The Morgan fingerprint density at radius 1 is 1.10 bits per heavy atom. The van der Waals surface area contributed by atoms with E-state index in [0.29, 0.717) is 0 Å². The van der Waals surface area contributed by atoms with Crippen molar-refractivity contribution in [3.05, 3.63) is 0 Å². The van der Waals surface area contributed by atoms with Crippen molar-refractivity contribution >= 4 is 22.6 Å². The highest BCUT2D eigenvalue weighted by molar-refractivity contribution is 14.1. The molecule has 0 amide bonds. The van der Waals surface area contributed by atoms with Crippen LogP contribution in [0.4, 0.5) is 0 Å². The van der Waals surface area contributed by atoms with Gasteiger partial charge in [-0.2, -0.15) is 0 Å². The predicted molar refractivity (Wildman–Crippen MR) is 53.8 cm³/mol. The molecule has 1 fully saturated rings. The molecular weight excluding hydrogens is 237 g/mol. The van der Waals surface area contributed by atoms with Gasteiger partial charge in [-0.25, -0.2) is 0 Å². The molecule has 0 radical (unpaired) electrons. The number of alkyl halides is 1. The Hall–Kier alpha value is 0.690. The van der Waals surface area contributed by atoms with Crippen molar-refractivity contribution in [3.8, 4) is 0 Å². The topological polar surface area (TPSA) is 3.24 Å². The Kier molecular flexibility index (Phi) is 3.43. The summed E-state index contributed by atoms with van der Waals surface area (Å²) >= 11 is 2.57. The maximum Gasteiger partial charge on any atom is 0.0111 e. The molecule has 0 saturated heterocycles. The van der Waals surface area contributed by atoms with Crippen LogP contribution in [-0.4, -0.2) is 29.0 Å². The lowest BCUT2D eigenvalue weighted by atomic mass is 9.95. The Morgan fingerprint density at radius 3 is 2.00 bits per heavy atom. The fourth-order valence-electron chi connectivity index (χ4n) is 1.55. The summed E-state index contributed by atoms with van der Waals surface area (Å²) < 4.78 is 0.953. The van der Waals surface area contributed by atoms with E-state index in [0.717, 1.165) is 9.97 Å². The van der Waals surface area contributed by atoms with Gasteiger partial charge >= 0.3 is 0 Å². The largest absolute Gasteiger partial charge is 0.306 e. The molecule has 0 heterocycles. The summed E-state index contributed by atoms with van der Waals surface area (Å²) in [5, 5.41) is 0. The van der Waals surface area contributed by atoms with Gasteiger partial charge in [0.25, 0.3) is 0 Å². The lowest BCUT2D eigenvalue weighted by molar-refractivity contribution is 0.234. The summed E-state index contributed by atoms with van der Waals surface area (Å²) in [6.45, 7) is 0. The molecule has 0 bridgehead atoms. The minimum Gasteiger partial charge on any atom is -0.306 e. The molecule has 1 nitrogen and oxygen atoms in total. The molecule has 0 aliphatic heterocycles. The van der Waals surface area contributed by atoms with Crippen molar-refractivity contribution in [1.29, 1.82) is 0 Å². The second-order valence-corrected chi connectivity index (χ2v) is 5.13. The fourth-order valence-corrected chi connectivity index (χ4v) is 2.27. The molecule has 10 heavy (non-hydrogen) atoms. The number of hydrogen-bond acceptors (Lipinski definition) is 1. The average Bonchev–Trinajstić information content (AvgIpc) is 1.88. The fraction of sp³-hybridized carbons (Fsp3) is 1.00. The summed E-state index contributed by atoms with van der Waals surface area (Å²) in [4.78, 5) is 2.36. The Labute approximate surface area is 77.3 Å². The molecule has 1 saturated carbocycles. The van der Waals surface area contributed by atoms with Gasteiger partial charge in [-0.3, -0.25) is 0 Å². The first-order valence-corrected chi connectivity index (χ1v) is 5.25. The standard InChI is InChI=1S/C8H16IN/c1-10(2)8-5-3-7(9)4-6-8/h7-8H,3-6H2,1-2H3. The maximum absolute atomic E-state index is 2.57. The van der Waals surface area contributed by atoms with Gasteiger partial charge in [0.15, 0.2) is 0 Å². The van der Waals surface area contributed by atoms with E-state index in [1.165, 1.54) is 25.7 Å². The van der Waals surface area contributed by atoms with Crippen molar-refractivity contribution in [1.82, 2.24) is 4.90 Å². The van der Waals surface area contributed by atoms with Crippen LogP contribution < -0.4 is 0 Å². The molecule has 0 spiro atoms. The minimum absolute atomic E-state index is 0.867. The van der Waals surface area contributed by atoms with Crippen LogP contribution in [-0.2, 0) is 0 Å². The van der Waals surface area contributed by atoms with Crippen LogP contribution in [0.25, 0.3) is 0 Å². The Morgan fingerprint density at radius 2 is 1.60 bits per heavy atom. The van der Waals surface area contributed by atoms with Crippen LogP contribution in [0, 0.1) is 0 Å². The average molecular weight is 253 g/mol. The summed E-state index contributed by atoms with van der Waals surface area (Å²) in [5.74, 6) is 0. The van der Waals surface area contributed by atoms with E-state index in [1.54, 1.807) is 0 Å². The van der Waals surface area contributed by atoms with E-state index in [-0.39, 0.29) is 0 Å². The first kappa shape index (κ1) is 8.78. The number of rotatable bonds is 1. The van der Waals surface area contributed by atoms with Crippen LogP contribution in [0.3, 0.4) is 0 Å². The Balaban J connectivity index is 2.26. The first-order chi connectivity index (χ1) is 4.70. The molecule has 0 unspecified atom stereocenters. The third-order valence-corrected chi connectivity index (χ3v) is 3.60. The lowest BCUT2D eigenvalue weighted by Gasteiger charge is -2.30. The van der Waals surface area contributed by atoms with E-state index in [1.807, 2.05) is 0 Å². The van der Waals surface area contributed by atoms with Crippen LogP contribution >= 0.6 is 22.6 Å². The summed E-state index contributed by atoms with van der Waals surface area (Å²) in [6, 6.07) is 0.867. The normalized spacial score (nSPS) is 34.8. The zero-order valence-corrected chi connectivity index (χ0v) is 8.97. The highest BCUT2D eigenvalue weighted by Gasteiger charge is 2.19. The smallest absolute Gasteiger partial charge is 0.0111 e. The molecule has 0 aromatic heterocycles. The number of halogens is 1. The third kappa shape index (κ3) is 2.38. The molecule has 0 aromatic rings. The molecule has 1 rings (SSSR count). The lowest BCUT2D eigenvalue weighted by Crippen LogP contribution is -2.32. The highest BCUT2D eigenvalue weighted by Crippen LogP contribution is 2.26. The van der Waals surface area contributed by atoms with Crippen LogP contribution in [0.5, 0.6) is 0 Å². The van der Waals surface area contributed by atoms with Gasteiger partial charge in [-0.05, 0) is 39.8 Å². The number of nitrogens with zero attached hydrogens (tertiary/aromatic N) is 1. The molecule has 60 valence electrons. The quantitative estimate of drug-likeness (QED) is 0.512. The van der Waals surface area contributed by atoms with E-state index >= 15 is 0 Å². The van der Waals surface area contributed by atoms with Crippen molar-refractivity contribution in [3.63, 3.8) is 0 Å². The maximum atomic E-state index is 2.57. The Bertz CT molecular complexity index is 95.4. The molecule has 2 heteroatoms. The van der Waals surface area contributed by atoms with Gasteiger partial charge in [-0.1, -0.05) is 22.6 Å². The molecule has 1 aliphatic carbocycles. The summed E-state index contributed by atoms with van der Waals surface area (Å²) in [6.07, 6.45) is 5.65. The first-order valence-electron chi connectivity index (χ1n) is 4.00. The van der Waals surface area contributed by atoms with Gasteiger partial charge < -0.3 is 4.90 Å². The van der Waals surface area contributed by atoms with Crippen molar-refractivity contribution in [2.75, 3.05) is 14.1 Å². The zero-order valence-electron chi connectivity index (χ0n) is 6.81. The van der Waals surface area contributed by atoms with E-state index in [4.69, 9.17) is 0 Å². The van der Waals surface area contributed by atoms with Gasteiger partial charge in [0.05, 0.1) is 0 Å². The molecule has 0 atom stereocenters. The second kappa shape index (κ2) is 3.90. The minimum atomic E-state index is 0.867. The zero-order chi connectivity index (χ0) is 7.56. The van der Waals surface area contributed by atoms with Crippen LogP contribution in [0.1, 0.15) is 25.7 Å². The predicted octanol–water partition coefficient (Wildman–Crippen LogP) is 2.29.